The van der Waals surface area contributed by atoms with Gasteiger partial charge in [-0.15, -0.1) is 0 Å². The summed E-state index contributed by atoms with van der Waals surface area (Å²) < 4.78 is 12.2. The van der Waals surface area contributed by atoms with Crippen molar-refractivity contribution in [3.8, 4) is 0 Å². The first-order chi connectivity index (χ1) is 9.74. The highest BCUT2D eigenvalue weighted by molar-refractivity contribution is 4.76. The molecule has 2 aliphatic rings. The summed E-state index contributed by atoms with van der Waals surface area (Å²) in [6, 6.07) is 0. The molecule has 2 atom stereocenters. The predicted molar refractivity (Wildman–Crippen MR) is 83.0 cm³/mol. The van der Waals surface area contributed by atoms with Crippen LogP contribution < -0.4 is 5.32 Å². The van der Waals surface area contributed by atoms with E-state index in [4.69, 9.17) is 9.47 Å². The lowest BCUT2D eigenvalue weighted by atomic mass is 10.1. The maximum absolute atomic E-state index is 6.09. The molecule has 1 saturated heterocycles. The predicted octanol–water partition coefficient (Wildman–Crippen LogP) is 3.52. The van der Waals surface area contributed by atoms with Gasteiger partial charge in [-0.05, 0) is 38.1 Å². The molecule has 0 aromatic heterocycles. The number of rotatable bonds is 7. The van der Waals surface area contributed by atoms with Crippen molar-refractivity contribution < 1.29 is 9.47 Å². The molecule has 0 aromatic rings. The van der Waals surface area contributed by atoms with Gasteiger partial charge in [0.25, 0.3) is 0 Å². The molecule has 2 rings (SSSR count). The molecule has 0 aromatic carbocycles. The Balaban J connectivity index is 1.56. The van der Waals surface area contributed by atoms with Gasteiger partial charge < -0.3 is 14.8 Å². The van der Waals surface area contributed by atoms with E-state index in [0.29, 0.717) is 24.2 Å². The van der Waals surface area contributed by atoms with Crippen molar-refractivity contribution in [2.45, 2.75) is 83.5 Å². The van der Waals surface area contributed by atoms with Gasteiger partial charge in [0.2, 0.25) is 0 Å². The van der Waals surface area contributed by atoms with E-state index in [9.17, 15) is 0 Å². The van der Waals surface area contributed by atoms with Gasteiger partial charge in [0.15, 0.2) is 0 Å². The number of nitrogens with one attached hydrogen (secondary N) is 1. The van der Waals surface area contributed by atoms with Crippen LogP contribution in [0.2, 0.25) is 0 Å². The van der Waals surface area contributed by atoms with Crippen LogP contribution in [-0.4, -0.2) is 38.0 Å². The summed E-state index contributed by atoms with van der Waals surface area (Å²) in [5, 5.41) is 3.50. The van der Waals surface area contributed by atoms with E-state index in [2.05, 4.69) is 19.2 Å². The highest BCUT2D eigenvalue weighted by Gasteiger charge is 2.26. The molecule has 3 nitrogen and oxygen atoms in total. The lowest BCUT2D eigenvalue weighted by Gasteiger charge is -2.19. The van der Waals surface area contributed by atoms with Crippen LogP contribution in [0.4, 0.5) is 0 Å². The Morgan fingerprint density at radius 1 is 1.00 bits per heavy atom. The minimum atomic E-state index is 0.337. The summed E-state index contributed by atoms with van der Waals surface area (Å²) in [6.45, 7) is 7.38. The van der Waals surface area contributed by atoms with Gasteiger partial charge in [-0.3, -0.25) is 0 Å². The summed E-state index contributed by atoms with van der Waals surface area (Å²) in [6.07, 6.45) is 11.6. The second-order valence-electron chi connectivity index (χ2n) is 6.96. The van der Waals surface area contributed by atoms with E-state index in [1.807, 2.05) is 0 Å². The van der Waals surface area contributed by atoms with Crippen LogP contribution in [-0.2, 0) is 9.47 Å². The van der Waals surface area contributed by atoms with E-state index in [1.54, 1.807) is 0 Å². The van der Waals surface area contributed by atoms with Crippen molar-refractivity contribution in [3.63, 3.8) is 0 Å². The third kappa shape index (κ3) is 6.11. The van der Waals surface area contributed by atoms with Crippen LogP contribution >= 0.6 is 0 Å². The maximum Gasteiger partial charge on any atom is 0.0814 e. The molecule has 0 spiro atoms. The van der Waals surface area contributed by atoms with Crippen LogP contribution in [0, 0.1) is 5.92 Å². The van der Waals surface area contributed by atoms with Gasteiger partial charge in [-0.2, -0.15) is 0 Å². The SMILES string of the molecule is CC(C)CNCC1CCC(COC2CCCCCC2)O1. The molecule has 2 unspecified atom stereocenters. The van der Waals surface area contributed by atoms with E-state index >= 15 is 0 Å². The Labute approximate surface area is 124 Å². The number of ether oxygens (including phenoxy) is 2. The second-order valence-corrected chi connectivity index (χ2v) is 6.96. The molecule has 20 heavy (non-hydrogen) atoms. The molecule has 0 amide bonds. The average Bonchev–Trinajstić information content (AvgIpc) is 2.71. The maximum atomic E-state index is 6.09. The Bertz CT molecular complexity index is 249. The number of hydrogen-bond acceptors (Lipinski definition) is 3. The fraction of sp³-hybridized carbons (Fsp3) is 1.00. The van der Waals surface area contributed by atoms with Gasteiger partial charge in [-0.25, -0.2) is 0 Å². The zero-order valence-electron chi connectivity index (χ0n) is 13.4. The molecule has 1 saturated carbocycles. The summed E-state index contributed by atoms with van der Waals surface area (Å²) in [5.74, 6) is 0.714. The summed E-state index contributed by atoms with van der Waals surface area (Å²) in [5.41, 5.74) is 0. The molecule has 2 fully saturated rings. The Morgan fingerprint density at radius 3 is 2.40 bits per heavy atom. The lowest BCUT2D eigenvalue weighted by molar-refractivity contribution is -0.0444. The van der Waals surface area contributed by atoms with Crippen molar-refractivity contribution >= 4 is 0 Å². The molecule has 1 heterocycles. The quantitative estimate of drug-likeness (QED) is 0.725. The minimum absolute atomic E-state index is 0.337. The van der Waals surface area contributed by atoms with E-state index in [0.717, 1.165) is 19.7 Å². The normalized spacial score (nSPS) is 28.9. The van der Waals surface area contributed by atoms with E-state index in [1.165, 1.54) is 51.4 Å². The molecule has 1 aliphatic heterocycles. The highest BCUT2D eigenvalue weighted by atomic mass is 16.5. The molecule has 1 N–H and O–H groups in total. The zero-order chi connectivity index (χ0) is 14.2. The summed E-state index contributed by atoms with van der Waals surface area (Å²) in [7, 11) is 0. The fourth-order valence-corrected chi connectivity index (χ4v) is 3.24. The van der Waals surface area contributed by atoms with Crippen molar-refractivity contribution in [1.29, 1.82) is 0 Å². The molecular formula is C17H33NO2. The molecule has 118 valence electrons. The molecule has 0 radical (unpaired) electrons. The first-order valence-electron chi connectivity index (χ1n) is 8.72. The first kappa shape index (κ1) is 16.3. The zero-order valence-corrected chi connectivity index (χ0v) is 13.4. The fourth-order valence-electron chi connectivity index (χ4n) is 3.24. The molecule has 1 aliphatic carbocycles. The van der Waals surface area contributed by atoms with Crippen LogP contribution in [0.1, 0.15) is 65.2 Å². The molecular weight excluding hydrogens is 250 g/mol. The van der Waals surface area contributed by atoms with E-state index < -0.39 is 0 Å². The Kier molecular flexibility index (Phi) is 7.32. The average molecular weight is 283 g/mol. The minimum Gasteiger partial charge on any atom is -0.376 e. The summed E-state index contributed by atoms with van der Waals surface area (Å²) >= 11 is 0. The van der Waals surface area contributed by atoms with Crippen LogP contribution in [0.15, 0.2) is 0 Å². The first-order valence-corrected chi connectivity index (χ1v) is 8.72. The smallest absolute Gasteiger partial charge is 0.0814 e. The van der Waals surface area contributed by atoms with Gasteiger partial charge in [0.05, 0.1) is 24.9 Å². The second kappa shape index (κ2) is 9.01. The third-order valence-electron chi connectivity index (χ3n) is 4.44. The van der Waals surface area contributed by atoms with Crippen LogP contribution in [0.5, 0.6) is 0 Å². The standard InChI is InChI=1S/C17H33NO2/c1-14(2)11-18-12-16-9-10-17(20-16)13-19-15-7-5-3-4-6-8-15/h14-18H,3-13H2,1-2H3. The summed E-state index contributed by atoms with van der Waals surface area (Å²) in [4.78, 5) is 0. The van der Waals surface area contributed by atoms with Crippen molar-refractivity contribution in [1.82, 2.24) is 5.32 Å². The number of hydrogen-bond donors (Lipinski definition) is 1. The van der Waals surface area contributed by atoms with Gasteiger partial charge in [0, 0.05) is 6.54 Å². The molecule has 3 heteroatoms. The van der Waals surface area contributed by atoms with Crippen molar-refractivity contribution in [2.75, 3.05) is 19.7 Å². The largest absolute Gasteiger partial charge is 0.376 e. The Morgan fingerprint density at radius 2 is 1.70 bits per heavy atom. The van der Waals surface area contributed by atoms with E-state index in [-0.39, 0.29) is 0 Å². The third-order valence-corrected chi connectivity index (χ3v) is 4.44. The van der Waals surface area contributed by atoms with Gasteiger partial charge in [0.1, 0.15) is 0 Å². The van der Waals surface area contributed by atoms with Crippen LogP contribution in [0.3, 0.4) is 0 Å². The molecule has 0 bridgehead atoms. The van der Waals surface area contributed by atoms with Gasteiger partial charge in [-0.1, -0.05) is 39.5 Å². The van der Waals surface area contributed by atoms with Gasteiger partial charge >= 0.3 is 0 Å². The highest BCUT2D eigenvalue weighted by Crippen LogP contribution is 2.23. The van der Waals surface area contributed by atoms with Crippen molar-refractivity contribution in [2.24, 2.45) is 5.92 Å². The topological polar surface area (TPSA) is 30.5 Å². The van der Waals surface area contributed by atoms with Crippen LogP contribution in [0.25, 0.3) is 0 Å². The lowest BCUT2D eigenvalue weighted by Crippen LogP contribution is -2.30. The monoisotopic (exact) mass is 283 g/mol. The van der Waals surface area contributed by atoms with Crippen molar-refractivity contribution in [3.05, 3.63) is 0 Å². The Hall–Kier alpha value is -0.120.